The predicted molar refractivity (Wildman–Crippen MR) is 137 cm³/mol. The van der Waals surface area contributed by atoms with Crippen LogP contribution in [0.15, 0.2) is 48.2 Å². The molecule has 3 aromatic rings. The summed E-state index contributed by atoms with van der Waals surface area (Å²) in [5, 5.41) is 0. The maximum atomic E-state index is 13.4. The Bertz CT molecular complexity index is 1450. The lowest BCUT2D eigenvalue weighted by Crippen LogP contribution is -2.21. The van der Waals surface area contributed by atoms with Crippen LogP contribution in [0.1, 0.15) is 39.4 Å². The van der Waals surface area contributed by atoms with E-state index in [9.17, 15) is 9.59 Å². The minimum Gasteiger partial charge on any atom is -0.493 e. The number of ketones is 1. The molecule has 0 aromatic heterocycles. The number of carbonyl (C=O) groups is 2. The largest absolute Gasteiger partial charge is 0.493 e. The molecule has 0 aliphatic carbocycles. The number of benzene rings is 3. The van der Waals surface area contributed by atoms with Gasteiger partial charge in [0.05, 0.1) is 47.5 Å². The first-order valence-corrected chi connectivity index (χ1v) is 11.8. The minimum absolute atomic E-state index is 0.0718. The quantitative estimate of drug-likeness (QED) is 0.248. The average molecular weight is 519 g/mol. The number of fused-ring (bicyclic) bond motifs is 3. The van der Waals surface area contributed by atoms with Crippen molar-refractivity contribution >= 4 is 17.8 Å². The van der Waals surface area contributed by atoms with Crippen LogP contribution < -0.4 is 33.2 Å². The number of allylic oxidation sites excluding steroid dienone is 1. The van der Waals surface area contributed by atoms with Crippen molar-refractivity contribution in [2.75, 3.05) is 35.5 Å². The number of carbonyl (C=O) groups excluding carboxylic acids is 2. The van der Waals surface area contributed by atoms with Crippen molar-refractivity contribution in [1.29, 1.82) is 0 Å². The van der Waals surface area contributed by atoms with Gasteiger partial charge in [0, 0.05) is 11.5 Å². The van der Waals surface area contributed by atoms with Gasteiger partial charge < -0.3 is 33.2 Å². The van der Waals surface area contributed by atoms with Crippen LogP contribution in [0.25, 0.3) is 6.08 Å². The van der Waals surface area contributed by atoms with E-state index in [1.807, 2.05) is 12.1 Å². The van der Waals surface area contributed by atoms with Gasteiger partial charge in [0.15, 0.2) is 28.8 Å². The maximum Gasteiger partial charge on any atom is 0.312 e. The SMILES string of the molecule is COc1ccc([C@@H]2CC(=O)Oc3ccc4c(c32)O/C(=C\c2cc(OC)c(OC)c(OC)c2)C4=O)cc1OC. The molecule has 2 aliphatic rings. The summed E-state index contributed by atoms with van der Waals surface area (Å²) in [7, 11) is 7.65. The molecule has 0 spiro atoms. The third-order valence-corrected chi connectivity index (χ3v) is 6.57. The fourth-order valence-corrected chi connectivity index (χ4v) is 4.80. The Labute approximate surface area is 219 Å². The topological polar surface area (TPSA) is 98.8 Å². The molecule has 0 amide bonds. The number of methoxy groups -OCH3 is 5. The Morgan fingerprint density at radius 2 is 1.45 bits per heavy atom. The van der Waals surface area contributed by atoms with Crippen molar-refractivity contribution in [3.05, 3.63) is 70.5 Å². The number of hydrogen-bond acceptors (Lipinski definition) is 9. The maximum absolute atomic E-state index is 13.4. The first-order chi connectivity index (χ1) is 18.4. The fourth-order valence-electron chi connectivity index (χ4n) is 4.80. The Morgan fingerprint density at radius 1 is 0.763 bits per heavy atom. The molecular weight excluding hydrogens is 492 g/mol. The number of ether oxygens (including phenoxy) is 7. The second-order valence-corrected chi connectivity index (χ2v) is 8.60. The summed E-state index contributed by atoms with van der Waals surface area (Å²) in [6.45, 7) is 0. The molecule has 0 saturated carbocycles. The van der Waals surface area contributed by atoms with Crippen LogP contribution in [0.4, 0.5) is 0 Å². The third kappa shape index (κ3) is 4.15. The zero-order valence-electron chi connectivity index (χ0n) is 21.6. The highest BCUT2D eigenvalue weighted by Gasteiger charge is 2.38. The summed E-state index contributed by atoms with van der Waals surface area (Å²) >= 11 is 0. The van der Waals surface area contributed by atoms with Crippen LogP contribution in [-0.2, 0) is 4.79 Å². The molecule has 2 aliphatic heterocycles. The molecule has 3 aromatic carbocycles. The molecule has 5 rings (SSSR count). The fraction of sp³-hybridized carbons (Fsp3) is 0.241. The Hall–Kier alpha value is -4.66. The molecule has 0 unspecified atom stereocenters. The van der Waals surface area contributed by atoms with E-state index in [0.717, 1.165) is 5.56 Å². The van der Waals surface area contributed by atoms with Gasteiger partial charge in [-0.15, -0.1) is 0 Å². The second kappa shape index (κ2) is 10.0. The van der Waals surface area contributed by atoms with Gasteiger partial charge in [0.1, 0.15) is 11.5 Å². The molecule has 0 radical (unpaired) electrons. The van der Waals surface area contributed by atoms with Crippen LogP contribution >= 0.6 is 0 Å². The lowest BCUT2D eigenvalue weighted by atomic mass is 9.84. The summed E-state index contributed by atoms with van der Waals surface area (Å²) in [5.74, 6) is 2.15. The van der Waals surface area contributed by atoms with E-state index in [1.54, 1.807) is 50.6 Å². The van der Waals surface area contributed by atoms with Crippen LogP contribution in [0.3, 0.4) is 0 Å². The van der Waals surface area contributed by atoms with Gasteiger partial charge in [-0.05, 0) is 53.6 Å². The van der Waals surface area contributed by atoms with Gasteiger partial charge in [-0.3, -0.25) is 9.59 Å². The Balaban J connectivity index is 1.59. The van der Waals surface area contributed by atoms with Crippen molar-refractivity contribution in [2.45, 2.75) is 12.3 Å². The zero-order valence-corrected chi connectivity index (χ0v) is 21.6. The van der Waals surface area contributed by atoms with E-state index in [1.165, 1.54) is 21.3 Å². The van der Waals surface area contributed by atoms with Gasteiger partial charge >= 0.3 is 5.97 Å². The van der Waals surface area contributed by atoms with Gasteiger partial charge in [-0.25, -0.2) is 0 Å². The van der Waals surface area contributed by atoms with Crippen molar-refractivity contribution in [3.8, 4) is 40.2 Å². The van der Waals surface area contributed by atoms with E-state index in [2.05, 4.69) is 0 Å². The molecule has 0 N–H and O–H groups in total. The van der Waals surface area contributed by atoms with E-state index in [0.29, 0.717) is 56.9 Å². The highest BCUT2D eigenvalue weighted by Crippen LogP contribution is 2.50. The summed E-state index contributed by atoms with van der Waals surface area (Å²) in [6, 6.07) is 12.1. The summed E-state index contributed by atoms with van der Waals surface area (Å²) < 4.78 is 38.8. The lowest BCUT2D eigenvalue weighted by Gasteiger charge is -2.26. The summed E-state index contributed by atoms with van der Waals surface area (Å²) in [4.78, 5) is 25.9. The van der Waals surface area contributed by atoms with Crippen molar-refractivity contribution in [1.82, 2.24) is 0 Å². The van der Waals surface area contributed by atoms with Crippen LogP contribution in [0.2, 0.25) is 0 Å². The van der Waals surface area contributed by atoms with E-state index in [-0.39, 0.29) is 23.9 Å². The number of Topliss-reactive ketones (excluding diaryl/α,β-unsaturated/α-hetero) is 1. The average Bonchev–Trinajstić information content (AvgIpc) is 3.25. The Morgan fingerprint density at radius 3 is 2.08 bits per heavy atom. The molecule has 0 fully saturated rings. The van der Waals surface area contributed by atoms with E-state index >= 15 is 0 Å². The molecule has 9 nitrogen and oxygen atoms in total. The molecule has 0 bridgehead atoms. The van der Waals surface area contributed by atoms with E-state index in [4.69, 9.17) is 33.2 Å². The number of hydrogen-bond donors (Lipinski definition) is 0. The number of esters is 1. The third-order valence-electron chi connectivity index (χ3n) is 6.57. The van der Waals surface area contributed by atoms with E-state index < -0.39 is 5.92 Å². The predicted octanol–water partition coefficient (Wildman–Crippen LogP) is 4.79. The van der Waals surface area contributed by atoms with Gasteiger partial charge in [0.25, 0.3) is 0 Å². The van der Waals surface area contributed by atoms with Gasteiger partial charge in [-0.1, -0.05) is 6.07 Å². The monoisotopic (exact) mass is 518 g/mol. The van der Waals surface area contributed by atoms with Gasteiger partial charge in [0.2, 0.25) is 11.5 Å². The van der Waals surface area contributed by atoms with Crippen LogP contribution in [-0.4, -0.2) is 47.3 Å². The van der Waals surface area contributed by atoms with Crippen molar-refractivity contribution in [2.24, 2.45) is 0 Å². The molecule has 0 saturated heterocycles. The molecule has 196 valence electrons. The second-order valence-electron chi connectivity index (χ2n) is 8.60. The lowest BCUT2D eigenvalue weighted by molar-refractivity contribution is -0.135. The highest BCUT2D eigenvalue weighted by molar-refractivity contribution is 6.15. The molecular formula is C29H26O9. The minimum atomic E-state index is -0.422. The number of rotatable bonds is 7. The molecule has 1 atom stereocenters. The normalized spacial score (nSPS) is 16.8. The Kier molecular flexibility index (Phi) is 6.59. The molecule has 2 heterocycles. The molecule has 9 heteroatoms. The van der Waals surface area contributed by atoms with Gasteiger partial charge in [-0.2, -0.15) is 0 Å². The van der Waals surface area contributed by atoms with Crippen molar-refractivity contribution in [3.63, 3.8) is 0 Å². The van der Waals surface area contributed by atoms with Crippen molar-refractivity contribution < 1.29 is 42.7 Å². The first-order valence-electron chi connectivity index (χ1n) is 11.8. The molecule has 38 heavy (non-hydrogen) atoms. The summed E-state index contributed by atoms with van der Waals surface area (Å²) in [5.41, 5.74) is 2.42. The summed E-state index contributed by atoms with van der Waals surface area (Å²) in [6.07, 6.45) is 1.68. The first kappa shape index (κ1) is 25.0. The zero-order chi connectivity index (χ0) is 27.0. The van der Waals surface area contributed by atoms with Crippen LogP contribution in [0, 0.1) is 0 Å². The standard InChI is InChI=1S/C29H26O9/c1-32-19-8-6-16(13-21(19)33-2)18-14-25(30)37-20-9-7-17-27(31)22(38-28(17)26(18)20)10-15-11-23(34-3)29(36-5)24(12-15)35-4/h6-13,18H,14H2,1-5H3/b22-10-/t18-/m0/s1. The highest BCUT2D eigenvalue weighted by atomic mass is 16.5. The van der Waals surface area contributed by atoms with Crippen LogP contribution in [0.5, 0.6) is 40.2 Å². The smallest absolute Gasteiger partial charge is 0.312 e.